The number of anilines is 3. The molecule has 3 amide bonds. The Morgan fingerprint density at radius 1 is 1.21 bits per heavy atom. The van der Waals surface area contributed by atoms with E-state index in [4.69, 9.17) is 4.74 Å². The topological polar surface area (TPSA) is 92.4 Å². The molecule has 0 spiro atoms. The van der Waals surface area contributed by atoms with Crippen LogP contribution in [0.25, 0.3) is 0 Å². The number of thiazole rings is 1. The third-order valence-electron chi connectivity index (χ3n) is 3.08. The van der Waals surface area contributed by atoms with E-state index in [-0.39, 0.29) is 5.91 Å². The van der Waals surface area contributed by atoms with Crippen LogP contribution in [0.2, 0.25) is 0 Å². The van der Waals surface area contributed by atoms with Crippen molar-refractivity contribution in [1.82, 2.24) is 4.98 Å². The predicted octanol–water partition coefficient (Wildman–Crippen LogP) is 3.88. The van der Waals surface area contributed by atoms with Gasteiger partial charge in [-0.05, 0) is 24.1 Å². The molecule has 0 fully saturated rings. The van der Waals surface area contributed by atoms with E-state index in [0.717, 1.165) is 4.88 Å². The molecule has 0 aliphatic rings. The van der Waals surface area contributed by atoms with Gasteiger partial charge in [-0.3, -0.25) is 10.1 Å². The van der Waals surface area contributed by atoms with Crippen molar-refractivity contribution < 1.29 is 14.3 Å². The lowest BCUT2D eigenvalue weighted by molar-refractivity contribution is -0.114. The molecule has 24 heavy (non-hydrogen) atoms. The van der Waals surface area contributed by atoms with Gasteiger partial charge in [0.1, 0.15) is 5.75 Å². The zero-order chi connectivity index (χ0) is 17.7. The SMILES string of the molecule is COc1ccc(NC(C)=O)cc1NC(=O)Nc1ncc(C(C)C)s1. The van der Waals surface area contributed by atoms with Gasteiger partial charge in [0, 0.05) is 23.7 Å². The van der Waals surface area contributed by atoms with E-state index < -0.39 is 6.03 Å². The number of aromatic nitrogens is 1. The van der Waals surface area contributed by atoms with E-state index in [1.54, 1.807) is 24.4 Å². The number of amides is 3. The minimum absolute atomic E-state index is 0.195. The van der Waals surface area contributed by atoms with Crippen LogP contribution in [0.1, 0.15) is 31.6 Å². The fourth-order valence-corrected chi connectivity index (χ4v) is 2.76. The minimum Gasteiger partial charge on any atom is -0.495 e. The Bertz CT molecular complexity index is 743. The highest BCUT2D eigenvalue weighted by Gasteiger charge is 2.12. The Kier molecular flexibility index (Phi) is 5.75. The quantitative estimate of drug-likeness (QED) is 0.764. The number of benzene rings is 1. The van der Waals surface area contributed by atoms with Crippen molar-refractivity contribution in [2.75, 3.05) is 23.1 Å². The van der Waals surface area contributed by atoms with Gasteiger partial charge in [0.25, 0.3) is 0 Å². The number of carbonyl (C=O) groups is 2. The highest BCUT2D eigenvalue weighted by atomic mass is 32.1. The Balaban J connectivity index is 2.10. The zero-order valence-corrected chi connectivity index (χ0v) is 14.8. The first-order valence-corrected chi connectivity index (χ1v) is 8.20. The summed E-state index contributed by atoms with van der Waals surface area (Å²) in [6, 6.07) is 4.56. The lowest BCUT2D eigenvalue weighted by Gasteiger charge is -2.12. The Morgan fingerprint density at radius 3 is 2.54 bits per heavy atom. The molecular weight excluding hydrogens is 328 g/mol. The first kappa shape index (κ1) is 17.7. The largest absolute Gasteiger partial charge is 0.495 e. The molecule has 2 rings (SSSR count). The number of nitrogens with zero attached hydrogens (tertiary/aromatic N) is 1. The first-order valence-electron chi connectivity index (χ1n) is 7.38. The van der Waals surface area contributed by atoms with Gasteiger partial charge < -0.3 is 15.4 Å². The molecule has 3 N–H and O–H groups in total. The zero-order valence-electron chi connectivity index (χ0n) is 14.0. The maximum atomic E-state index is 12.2. The molecule has 0 unspecified atom stereocenters. The molecule has 7 nitrogen and oxygen atoms in total. The van der Waals surface area contributed by atoms with Crippen LogP contribution in [-0.4, -0.2) is 24.0 Å². The molecule has 8 heteroatoms. The fourth-order valence-electron chi connectivity index (χ4n) is 1.95. The molecule has 1 aromatic heterocycles. The highest BCUT2D eigenvalue weighted by Crippen LogP contribution is 2.29. The van der Waals surface area contributed by atoms with Crippen molar-refractivity contribution in [2.45, 2.75) is 26.7 Å². The number of urea groups is 1. The second kappa shape index (κ2) is 7.78. The van der Waals surface area contributed by atoms with Gasteiger partial charge in [0.2, 0.25) is 5.91 Å². The van der Waals surface area contributed by atoms with E-state index >= 15 is 0 Å². The molecule has 0 bridgehead atoms. The lowest BCUT2D eigenvalue weighted by Crippen LogP contribution is -2.20. The average Bonchev–Trinajstić information content (AvgIpc) is 2.95. The number of carbonyl (C=O) groups excluding carboxylic acids is 2. The van der Waals surface area contributed by atoms with Crippen molar-refractivity contribution in [3.8, 4) is 5.75 Å². The van der Waals surface area contributed by atoms with E-state index in [1.807, 2.05) is 0 Å². The number of nitrogens with one attached hydrogen (secondary N) is 3. The maximum absolute atomic E-state index is 12.2. The standard InChI is InChI=1S/C16H20N4O3S/c1-9(2)14-8-17-16(24-14)20-15(22)19-12-7-11(18-10(3)21)5-6-13(12)23-4/h5-9H,1-4H3,(H,18,21)(H2,17,19,20,22). The van der Waals surface area contributed by atoms with Gasteiger partial charge in [0.15, 0.2) is 5.13 Å². The van der Waals surface area contributed by atoms with Crippen LogP contribution in [0.4, 0.5) is 21.3 Å². The van der Waals surface area contributed by atoms with Crippen molar-refractivity contribution in [2.24, 2.45) is 0 Å². The second-order valence-electron chi connectivity index (χ2n) is 5.40. The van der Waals surface area contributed by atoms with Crippen molar-refractivity contribution in [3.63, 3.8) is 0 Å². The van der Waals surface area contributed by atoms with E-state index in [2.05, 4.69) is 34.8 Å². The molecule has 0 saturated carbocycles. The number of methoxy groups -OCH3 is 1. The smallest absolute Gasteiger partial charge is 0.325 e. The average molecular weight is 348 g/mol. The van der Waals surface area contributed by atoms with Crippen LogP contribution in [0.3, 0.4) is 0 Å². The number of hydrogen-bond donors (Lipinski definition) is 3. The first-order chi connectivity index (χ1) is 11.4. The normalized spacial score (nSPS) is 10.4. The van der Waals surface area contributed by atoms with Gasteiger partial charge in [0.05, 0.1) is 12.8 Å². The number of hydrogen-bond acceptors (Lipinski definition) is 5. The van der Waals surface area contributed by atoms with E-state index in [1.165, 1.54) is 25.4 Å². The molecule has 128 valence electrons. The molecule has 1 heterocycles. The summed E-state index contributed by atoms with van der Waals surface area (Å²) in [5.74, 6) is 0.649. The van der Waals surface area contributed by atoms with Gasteiger partial charge in [-0.2, -0.15) is 0 Å². The molecule has 0 atom stereocenters. The van der Waals surface area contributed by atoms with Gasteiger partial charge in [-0.15, -0.1) is 11.3 Å². The summed E-state index contributed by atoms with van der Waals surface area (Å²) >= 11 is 1.43. The van der Waals surface area contributed by atoms with Gasteiger partial charge >= 0.3 is 6.03 Å². The summed E-state index contributed by atoms with van der Waals surface area (Å²) in [6.07, 6.45) is 1.75. The molecule has 2 aromatic rings. The van der Waals surface area contributed by atoms with Crippen LogP contribution >= 0.6 is 11.3 Å². The minimum atomic E-state index is -0.432. The van der Waals surface area contributed by atoms with Crippen molar-refractivity contribution >= 4 is 39.8 Å². The van der Waals surface area contributed by atoms with Crippen LogP contribution in [0, 0.1) is 0 Å². The van der Waals surface area contributed by atoms with Crippen molar-refractivity contribution in [1.29, 1.82) is 0 Å². The highest BCUT2D eigenvalue weighted by molar-refractivity contribution is 7.15. The van der Waals surface area contributed by atoms with Crippen LogP contribution < -0.4 is 20.7 Å². The van der Waals surface area contributed by atoms with Gasteiger partial charge in [-0.25, -0.2) is 9.78 Å². The third-order valence-corrected chi connectivity index (χ3v) is 4.29. The summed E-state index contributed by atoms with van der Waals surface area (Å²) in [5.41, 5.74) is 1.01. The summed E-state index contributed by atoms with van der Waals surface area (Å²) in [6.45, 7) is 5.55. The third kappa shape index (κ3) is 4.69. The lowest BCUT2D eigenvalue weighted by atomic mass is 10.2. The van der Waals surface area contributed by atoms with Crippen LogP contribution in [0.15, 0.2) is 24.4 Å². The van der Waals surface area contributed by atoms with E-state index in [9.17, 15) is 9.59 Å². The van der Waals surface area contributed by atoms with Crippen LogP contribution in [0.5, 0.6) is 5.75 Å². The fraction of sp³-hybridized carbons (Fsp3) is 0.312. The Hall–Kier alpha value is -2.61. The summed E-state index contributed by atoms with van der Waals surface area (Å²) < 4.78 is 5.22. The molecule has 0 saturated heterocycles. The van der Waals surface area contributed by atoms with Crippen molar-refractivity contribution in [3.05, 3.63) is 29.3 Å². The van der Waals surface area contributed by atoms with E-state index in [0.29, 0.717) is 28.2 Å². The Morgan fingerprint density at radius 2 is 1.96 bits per heavy atom. The number of ether oxygens (including phenoxy) is 1. The second-order valence-corrected chi connectivity index (χ2v) is 6.46. The summed E-state index contributed by atoms with van der Waals surface area (Å²) in [4.78, 5) is 28.6. The van der Waals surface area contributed by atoms with Crippen LogP contribution in [-0.2, 0) is 4.79 Å². The monoisotopic (exact) mass is 348 g/mol. The maximum Gasteiger partial charge on any atom is 0.325 e. The summed E-state index contributed by atoms with van der Waals surface area (Å²) in [5, 5.41) is 8.57. The molecule has 0 radical (unpaired) electrons. The number of rotatable bonds is 5. The summed E-state index contributed by atoms with van der Waals surface area (Å²) in [7, 11) is 1.51. The molecule has 0 aliphatic carbocycles. The predicted molar refractivity (Wildman–Crippen MR) is 96.1 cm³/mol. The molecule has 0 aliphatic heterocycles. The molecular formula is C16H20N4O3S. The molecule has 1 aromatic carbocycles. The Labute approximate surface area is 144 Å². The van der Waals surface area contributed by atoms with Gasteiger partial charge in [-0.1, -0.05) is 13.8 Å².